The standard InChI is InChI=1S/C13H19NO4/c1-9(2)17-6-7-18-12-8-10(13(15)16-3)4-5-11(12)14/h4-5,8-9H,6-7,14H2,1-3H3. The molecule has 0 atom stereocenters. The van der Waals surface area contributed by atoms with Gasteiger partial charge in [-0.15, -0.1) is 0 Å². The number of carbonyl (C=O) groups is 1. The number of rotatable bonds is 6. The van der Waals surface area contributed by atoms with Gasteiger partial charge in [0, 0.05) is 0 Å². The molecule has 0 saturated carbocycles. The highest BCUT2D eigenvalue weighted by Gasteiger charge is 2.09. The zero-order valence-corrected chi connectivity index (χ0v) is 10.9. The minimum Gasteiger partial charge on any atom is -0.489 e. The van der Waals surface area contributed by atoms with Gasteiger partial charge in [-0.25, -0.2) is 4.79 Å². The lowest BCUT2D eigenvalue weighted by Crippen LogP contribution is -2.12. The van der Waals surface area contributed by atoms with Crippen LogP contribution in [0.25, 0.3) is 0 Å². The number of methoxy groups -OCH3 is 1. The number of hydrogen-bond acceptors (Lipinski definition) is 5. The molecule has 1 rings (SSSR count). The molecule has 0 aliphatic rings. The third-order valence-corrected chi connectivity index (χ3v) is 2.23. The molecule has 0 spiro atoms. The monoisotopic (exact) mass is 253 g/mol. The van der Waals surface area contributed by atoms with Crippen molar-refractivity contribution in [2.24, 2.45) is 0 Å². The number of hydrogen-bond donors (Lipinski definition) is 1. The molecule has 5 nitrogen and oxygen atoms in total. The highest BCUT2D eigenvalue weighted by Crippen LogP contribution is 2.23. The number of carbonyl (C=O) groups excluding carboxylic acids is 1. The fourth-order valence-corrected chi connectivity index (χ4v) is 1.34. The van der Waals surface area contributed by atoms with E-state index in [1.54, 1.807) is 18.2 Å². The molecule has 0 radical (unpaired) electrons. The number of nitrogen functional groups attached to an aromatic ring is 1. The van der Waals surface area contributed by atoms with Crippen LogP contribution in [-0.4, -0.2) is 32.4 Å². The number of ether oxygens (including phenoxy) is 3. The first-order valence-corrected chi connectivity index (χ1v) is 5.77. The molecule has 2 N–H and O–H groups in total. The number of benzene rings is 1. The van der Waals surface area contributed by atoms with Gasteiger partial charge in [0.05, 0.1) is 31.1 Å². The second kappa shape index (κ2) is 6.86. The fraction of sp³-hybridized carbons (Fsp3) is 0.462. The van der Waals surface area contributed by atoms with Crippen LogP contribution in [0.1, 0.15) is 24.2 Å². The van der Waals surface area contributed by atoms with Crippen LogP contribution in [0.15, 0.2) is 18.2 Å². The summed E-state index contributed by atoms with van der Waals surface area (Å²) in [6.45, 7) is 4.75. The predicted molar refractivity (Wildman–Crippen MR) is 68.8 cm³/mol. The highest BCUT2D eigenvalue weighted by molar-refractivity contribution is 5.90. The van der Waals surface area contributed by atoms with E-state index >= 15 is 0 Å². The van der Waals surface area contributed by atoms with Crippen LogP contribution in [0.3, 0.4) is 0 Å². The molecule has 0 aromatic heterocycles. The molecule has 1 aromatic rings. The van der Waals surface area contributed by atoms with E-state index in [-0.39, 0.29) is 6.10 Å². The molecule has 5 heteroatoms. The maximum absolute atomic E-state index is 11.4. The molecule has 0 fully saturated rings. The minimum atomic E-state index is -0.418. The maximum atomic E-state index is 11.4. The van der Waals surface area contributed by atoms with Crippen LogP contribution in [0.5, 0.6) is 5.75 Å². The smallest absolute Gasteiger partial charge is 0.337 e. The summed E-state index contributed by atoms with van der Waals surface area (Å²) in [7, 11) is 1.33. The van der Waals surface area contributed by atoms with Crippen LogP contribution < -0.4 is 10.5 Å². The van der Waals surface area contributed by atoms with Gasteiger partial charge < -0.3 is 19.9 Å². The van der Waals surface area contributed by atoms with E-state index in [0.29, 0.717) is 30.2 Å². The van der Waals surface area contributed by atoms with Crippen molar-refractivity contribution >= 4 is 11.7 Å². The van der Waals surface area contributed by atoms with Crippen molar-refractivity contribution in [1.82, 2.24) is 0 Å². The van der Waals surface area contributed by atoms with E-state index in [0.717, 1.165) is 0 Å². The summed E-state index contributed by atoms with van der Waals surface area (Å²) in [5, 5.41) is 0. The van der Waals surface area contributed by atoms with Crippen molar-refractivity contribution in [1.29, 1.82) is 0 Å². The van der Waals surface area contributed by atoms with Crippen molar-refractivity contribution < 1.29 is 19.0 Å². The third kappa shape index (κ3) is 4.25. The van der Waals surface area contributed by atoms with Gasteiger partial charge in [-0.1, -0.05) is 0 Å². The summed E-state index contributed by atoms with van der Waals surface area (Å²) >= 11 is 0. The molecule has 1 aromatic carbocycles. The first-order chi connectivity index (χ1) is 8.54. The number of anilines is 1. The van der Waals surface area contributed by atoms with Gasteiger partial charge in [0.25, 0.3) is 0 Å². The fourth-order valence-electron chi connectivity index (χ4n) is 1.34. The van der Waals surface area contributed by atoms with E-state index in [1.165, 1.54) is 7.11 Å². The van der Waals surface area contributed by atoms with Gasteiger partial charge in [-0.2, -0.15) is 0 Å². The molecular weight excluding hydrogens is 234 g/mol. The Labute approximate surface area is 107 Å². The molecule has 0 aliphatic heterocycles. The van der Waals surface area contributed by atoms with E-state index in [1.807, 2.05) is 13.8 Å². The second-order valence-corrected chi connectivity index (χ2v) is 4.01. The molecule has 0 aliphatic carbocycles. The van der Waals surface area contributed by atoms with E-state index < -0.39 is 5.97 Å². The largest absolute Gasteiger partial charge is 0.489 e. The first kappa shape index (κ1) is 14.3. The zero-order chi connectivity index (χ0) is 13.5. The Morgan fingerprint density at radius 2 is 2.06 bits per heavy atom. The molecule has 0 heterocycles. The maximum Gasteiger partial charge on any atom is 0.337 e. The quantitative estimate of drug-likeness (QED) is 0.476. The van der Waals surface area contributed by atoms with Crippen molar-refractivity contribution in [2.75, 3.05) is 26.1 Å². The number of esters is 1. The lowest BCUT2D eigenvalue weighted by molar-refractivity contribution is 0.0552. The van der Waals surface area contributed by atoms with Crippen LogP contribution in [0.4, 0.5) is 5.69 Å². The molecular formula is C13H19NO4. The lowest BCUT2D eigenvalue weighted by atomic mass is 10.2. The van der Waals surface area contributed by atoms with Crippen molar-refractivity contribution in [3.8, 4) is 5.75 Å². The van der Waals surface area contributed by atoms with Crippen LogP contribution in [-0.2, 0) is 9.47 Å². The zero-order valence-electron chi connectivity index (χ0n) is 10.9. The minimum absolute atomic E-state index is 0.160. The van der Waals surface area contributed by atoms with Gasteiger partial charge in [0.1, 0.15) is 12.4 Å². The van der Waals surface area contributed by atoms with Gasteiger partial charge in [0.2, 0.25) is 0 Å². The van der Waals surface area contributed by atoms with E-state index in [9.17, 15) is 4.79 Å². The molecule has 0 saturated heterocycles. The van der Waals surface area contributed by atoms with Crippen molar-refractivity contribution in [2.45, 2.75) is 20.0 Å². The summed E-state index contributed by atoms with van der Waals surface area (Å²) in [6, 6.07) is 4.78. The Morgan fingerprint density at radius 3 is 2.67 bits per heavy atom. The number of nitrogens with two attached hydrogens (primary N) is 1. The summed E-state index contributed by atoms with van der Waals surface area (Å²) in [4.78, 5) is 11.4. The summed E-state index contributed by atoms with van der Waals surface area (Å²) in [6.07, 6.45) is 0.160. The molecule has 18 heavy (non-hydrogen) atoms. The summed E-state index contributed by atoms with van der Waals surface area (Å²) in [5.74, 6) is 0.0449. The van der Waals surface area contributed by atoms with Gasteiger partial charge in [0.15, 0.2) is 0 Å². The Kier molecular flexibility index (Phi) is 5.45. The third-order valence-electron chi connectivity index (χ3n) is 2.23. The highest BCUT2D eigenvalue weighted by atomic mass is 16.5. The lowest BCUT2D eigenvalue weighted by Gasteiger charge is -2.11. The van der Waals surface area contributed by atoms with Crippen molar-refractivity contribution in [3.63, 3.8) is 0 Å². The average Bonchev–Trinajstić information content (AvgIpc) is 2.35. The average molecular weight is 253 g/mol. The normalized spacial score (nSPS) is 10.4. The molecule has 0 bridgehead atoms. The van der Waals surface area contributed by atoms with Crippen LogP contribution >= 0.6 is 0 Å². The van der Waals surface area contributed by atoms with Crippen LogP contribution in [0.2, 0.25) is 0 Å². The van der Waals surface area contributed by atoms with Gasteiger partial charge in [-0.05, 0) is 32.0 Å². The molecule has 0 amide bonds. The SMILES string of the molecule is COC(=O)c1ccc(N)c(OCCOC(C)C)c1. The van der Waals surface area contributed by atoms with E-state index in [2.05, 4.69) is 4.74 Å². The topological polar surface area (TPSA) is 70.8 Å². The van der Waals surface area contributed by atoms with E-state index in [4.69, 9.17) is 15.2 Å². The first-order valence-electron chi connectivity index (χ1n) is 5.77. The van der Waals surface area contributed by atoms with Gasteiger partial charge in [-0.3, -0.25) is 0 Å². The Morgan fingerprint density at radius 1 is 1.33 bits per heavy atom. The predicted octanol–water partition coefficient (Wildman–Crippen LogP) is 1.86. The second-order valence-electron chi connectivity index (χ2n) is 4.01. The van der Waals surface area contributed by atoms with Gasteiger partial charge >= 0.3 is 5.97 Å². The Bertz CT molecular complexity index is 404. The Balaban J connectivity index is 2.61. The van der Waals surface area contributed by atoms with Crippen LogP contribution in [0, 0.1) is 0 Å². The summed E-state index contributed by atoms with van der Waals surface area (Å²) < 4.78 is 15.4. The molecule has 0 unspecified atom stereocenters. The Hall–Kier alpha value is -1.75. The van der Waals surface area contributed by atoms with Crippen molar-refractivity contribution in [3.05, 3.63) is 23.8 Å². The molecule has 100 valence electrons. The summed E-state index contributed by atoms with van der Waals surface area (Å²) in [5.41, 5.74) is 6.64.